The second-order valence-electron chi connectivity index (χ2n) is 6.22. The molecule has 1 aromatic carbocycles. The summed E-state index contributed by atoms with van der Waals surface area (Å²) < 4.78 is 0. The van der Waals surface area contributed by atoms with E-state index in [1.54, 1.807) is 6.07 Å². The summed E-state index contributed by atoms with van der Waals surface area (Å²) >= 11 is 0. The number of carbonyl (C=O) groups excluding carboxylic acids is 1. The minimum Gasteiger partial charge on any atom is -0.398 e. The standard InChI is InChI=1S/C17H26N2O/c1-11-7-5-4-6-8-16(11)19-17(20)14-10-15(18)13(3)9-12(14)2/h9-11,16H,4-8,18H2,1-3H3,(H,19,20). The van der Waals surface area contributed by atoms with Crippen LogP contribution in [0.15, 0.2) is 12.1 Å². The van der Waals surface area contributed by atoms with Crippen LogP contribution in [0.2, 0.25) is 0 Å². The van der Waals surface area contributed by atoms with Gasteiger partial charge in [-0.25, -0.2) is 0 Å². The Hall–Kier alpha value is -1.51. The summed E-state index contributed by atoms with van der Waals surface area (Å²) in [5, 5.41) is 3.22. The lowest BCUT2D eigenvalue weighted by atomic mass is 9.96. The third-order valence-electron chi connectivity index (χ3n) is 4.54. The molecule has 110 valence electrons. The first-order valence-corrected chi connectivity index (χ1v) is 7.66. The average molecular weight is 274 g/mol. The first-order chi connectivity index (χ1) is 9.49. The van der Waals surface area contributed by atoms with Crippen LogP contribution in [0.1, 0.15) is 60.5 Å². The SMILES string of the molecule is Cc1cc(C)c(C(=O)NC2CCCCCC2C)cc1N. The molecule has 0 heterocycles. The number of rotatable bonds is 2. The van der Waals surface area contributed by atoms with Crippen molar-refractivity contribution < 1.29 is 4.79 Å². The molecule has 1 saturated carbocycles. The molecule has 0 aromatic heterocycles. The Morgan fingerprint density at radius 2 is 1.85 bits per heavy atom. The molecule has 1 aliphatic carbocycles. The lowest BCUT2D eigenvalue weighted by molar-refractivity contribution is 0.0921. The lowest BCUT2D eigenvalue weighted by Crippen LogP contribution is -2.39. The van der Waals surface area contributed by atoms with Gasteiger partial charge in [-0.3, -0.25) is 4.79 Å². The van der Waals surface area contributed by atoms with E-state index in [1.165, 1.54) is 25.7 Å². The molecule has 0 spiro atoms. The molecule has 1 aliphatic rings. The fourth-order valence-electron chi connectivity index (χ4n) is 3.07. The molecule has 1 aromatic rings. The molecule has 1 amide bonds. The number of nitrogens with one attached hydrogen (secondary N) is 1. The first kappa shape index (κ1) is 14.9. The molecule has 0 aliphatic heterocycles. The normalized spacial score (nSPS) is 23.1. The highest BCUT2D eigenvalue weighted by atomic mass is 16.1. The van der Waals surface area contributed by atoms with Crippen molar-refractivity contribution in [2.45, 2.75) is 58.9 Å². The van der Waals surface area contributed by atoms with Crippen LogP contribution < -0.4 is 11.1 Å². The van der Waals surface area contributed by atoms with Gasteiger partial charge in [0.15, 0.2) is 0 Å². The Morgan fingerprint density at radius 1 is 1.15 bits per heavy atom. The number of hydrogen-bond donors (Lipinski definition) is 2. The van der Waals surface area contributed by atoms with Gasteiger partial charge in [0.2, 0.25) is 0 Å². The topological polar surface area (TPSA) is 55.1 Å². The molecule has 2 atom stereocenters. The van der Waals surface area contributed by atoms with Crippen LogP contribution >= 0.6 is 0 Å². The van der Waals surface area contributed by atoms with Gasteiger partial charge in [-0.15, -0.1) is 0 Å². The minimum atomic E-state index is 0.0212. The number of amides is 1. The average Bonchev–Trinajstić information content (AvgIpc) is 2.59. The van der Waals surface area contributed by atoms with Gasteiger partial charge in [-0.1, -0.05) is 32.3 Å². The molecule has 2 rings (SSSR count). The van der Waals surface area contributed by atoms with Gasteiger partial charge in [0.25, 0.3) is 5.91 Å². The van der Waals surface area contributed by atoms with Gasteiger partial charge >= 0.3 is 0 Å². The number of anilines is 1. The van der Waals surface area contributed by atoms with Gasteiger partial charge in [-0.2, -0.15) is 0 Å². The van der Waals surface area contributed by atoms with Crippen molar-refractivity contribution in [3.8, 4) is 0 Å². The summed E-state index contributed by atoms with van der Waals surface area (Å²) in [6.45, 7) is 6.18. The van der Waals surface area contributed by atoms with Crippen LogP contribution in [0, 0.1) is 19.8 Å². The summed E-state index contributed by atoms with van der Waals surface area (Å²) in [5.41, 5.74) is 9.36. The monoisotopic (exact) mass is 274 g/mol. The van der Waals surface area contributed by atoms with Crippen LogP contribution in [0.3, 0.4) is 0 Å². The number of nitrogen functional groups attached to an aromatic ring is 1. The van der Waals surface area contributed by atoms with Crippen molar-refractivity contribution in [1.82, 2.24) is 5.32 Å². The third kappa shape index (κ3) is 3.33. The Morgan fingerprint density at radius 3 is 2.60 bits per heavy atom. The summed E-state index contributed by atoms with van der Waals surface area (Å²) in [4.78, 5) is 12.5. The molecule has 20 heavy (non-hydrogen) atoms. The smallest absolute Gasteiger partial charge is 0.251 e. The number of nitrogens with two attached hydrogens (primary N) is 1. The third-order valence-corrected chi connectivity index (χ3v) is 4.54. The molecular weight excluding hydrogens is 248 g/mol. The van der Waals surface area contributed by atoms with E-state index in [0.29, 0.717) is 23.2 Å². The van der Waals surface area contributed by atoms with Crippen LogP contribution in [0.25, 0.3) is 0 Å². The van der Waals surface area contributed by atoms with Gasteiger partial charge in [0.1, 0.15) is 0 Å². The van der Waals surface area contributed by atoms with Crippen molar-refractivity contribution in [1.29, 1.82) is 0 Å². The fourth-order valence-corrected chi connectivity index (χ4v) is 3.07. The zero-order valence-corrected chi connectivity index (χ0v) is 12.8. The number of aryl methyl sites for hydroxylation is 2. The number of benzene rings is 1. The quantitative estimate of drug-likeness (QED) is 0.639. The van der Waals surface area contributed by atoms with Crippen molar-refractivity contribution in [2.24, 2.45) is 5.92 Å². The largest absolute Gasteiger partial charge is 0.398 e. The second kappa shape index (κ2) is 6.29. The maximum absolute atomic E-state index is 12.5. The number of carbonyl (C=O) groups is 1. The maximum Gasteiger partial charge on any atom is 0.251 e. The Labute approximate surface area is 121 Å². The van der Waals surface area contributed by atoms with Crippen LogP contribution in [-0.4, -0.2) is 11.9 Å². The summed E-state index contributed by atoms with van der Waals surface area (Å²) in [6.07, 6.45) is 6.08. The first-order valence-electron chi connectivity index (χ1n) is 7.66. The van der Waals surface area contributed by atoms with Crippen molar-refractivity contribution in [3.05, 3.63) is 28.8 Å². The van der Waals surface area contributed by atoms with Crippen LogP contribution in [-0.2, 0) is 0 Å². The highest BCUT2D eigenvalue weighted by Crippen LogP contribution is 2.24. The number of hydrogen-bond acceptors (Lipinski definition) is 2. The zero-order chi connectivity index (χ0) is 14.7. The molecule has 1 fully saturated rings. The Bertz CT molecular complexity index is 496. The Balaban J connectivity index is 2.13. The predicted octanol–water partition coefficient (Wildman–Crippen LogP) is 3.58. The lowest BCUT2D eigenvalue weighted by Gasteiger charge is -2.23. The van der Waals surface area contributed by atoms with Crippen molar-refractivity contribution >= 4 is 11.6 Å². The maximum atomic E-state index is 12.5. The molecule has 3 heteroatoms. The predicted molar refractivity (Wildman–Crippen MR) is 83.8 cm³/mol. The highest BCUT2D eigenvalue weighted by Gasteiger charge is 2.22. The summed E-state index contributed by atoms with van der Waals surface area (Å²) in [7, 11) is 0. The molecular formula is C17H26N2O. The highest BCUT2D eigenvalue weighted by molar-refractivity contribution is 5.96. The summed E-state index contributed by atoms with van der Waals surface area (Å²) in [5.74, 6) is 0.581. The molecule has 2 unspecified atom stereocenters. The van der Waals surface area contributed by atoms with Gasteiger partial charge in [0.05, 0.1) is 0 Å². The summed E-state index contributed by atoms with van der Waals surface area (Å²) in [6, 6.07) is 4.09. The Kier molecular flexibility index (Phi) is 4.69. The van der Waals surface area contributed by atoms with Gasteiger partial charge < -0.3 is 11.1 Å². The van der Waals surface area contributed by atoms with E-state index in [1.807, 2.05) is 19.9 Å². The van der Waals surface area contributed by atoms with Crippen LogP contribution in [0.4, 0.5) is 5.69 Å². The zero-order valence-electron chi connectivity index (χ0n) is 12.8. The van der Waals surface area contributed by atoms with E-state index < -0.39 is 0 Å². The van der Waals surface area contributed by atoms with E-state index in [-0.39, 0.29) is 5.91 Å². The van der Waals surface area contributed by atoms with Gasteiger partial charge in [-0.05, 0) is 49.8 Å². The second-order valence-corrected chi connectivity index (χ2v) is 6.22. The molecule has 0 saturated heterocycles. The molecule has 3 nitrogen and oxygen atoms in total. The molecule has 0 bridgehead atoms. The van der Waals surface area contributed by atoms with E-state index in [2.05, 4.69) is 12.2 Å². The molecule has 0 radical (unpaired) electrons. The molecule has 3 N–H and O–H groups in total. The van der Waals surface area contributed by atoms with E-state index >= 15 is 0 Å². The van der Waals surface area contributed by atoms with E-state index in [4.69, 9.17) is 5.73 Å². The van der Waals surface area contributed by atoms with Crippen LogP contribution in [0.5, 0.6) is 0 Å². The van der Waals surface area contributed by atoms with Crippen molar-refractivity contribution in [2.75, 3.05) is 5.73 Å². The van der Waals surface area contributed by atoms with E-state index in [0.717, 1.165) is 17.5 Å². The van der Waals surface area contributed by atoms with E-state index in [9.17, 15) is 4.79 Å². The fraction of sp³-hybridized carbons (Fsp3) is 0.588. The van der Waals surface area contributed by atoms with Crippen molar-refractivity contribution in [3.63, 3.8) is 0 Å². The van der Waals surface area contributed by atoms with Gasteiger partial charge in [0, 0.05) is 17.3 Å². The minimum absolute atomic E-state index is 0.0212.